The topological polar surface area (TPSA) is 29.0 Å². The van der Waals surface area contributed by atoms with Crippen LogP contribution >= 0.6 is 15.9 Å². The van der Waals surface area contributed by atoms with E-state index in [1.165, 1.54) is 18.8 Å². The van der Waals surface area contributed by atoms with Gasteiger partial charge in [-0.25, -0.2) is 14.4 Å². The number of hydrogen-bond donors (Lipinski definition) is 0. The Kier molecular flexibility index (Phi) is 3.51. The fourth-order valence-electron chi connectivity index (χ4n) is 1.88. The summed E-state index contributed by atoms with van der Waals surface area (Å²) in [7, 11) is 0. The third-order valence-electron chi connectivity index (χ3n) is 2.67. The predicted molar refractivity (Wildman–Crippen MR) is 60.8 cm³/mol. The Labute approximate surface area is 96.8 Å². The van der Waals surface area contributed by atoms with Crippen LogP contribution in [-0.4, -0.2) is 27.9 Å². The molecule has 0 aromatic carbocycles. The normalized spacial score (nSPS) is 21.7. The average Bonchev–Trinajstić information content (AvgIpc) is 2.30. The van der Waals surface area contributed by atoms with Crippen LogP contribution in [0.5, 0.6) is 0 Å². The number of aromatic nitrogens is 2. The fourth-order valence-corrected chi connectivity index (χ4v) is 2.55. The van der Waals surface area contributed by atoms with E-state index < -0.39 is 0 Å². The van der Waals surface area contributed by atoms with Crippen molar-refractivity contribution in [2.45, 2.75) is 25.3 Å². The Morgan fingerprint density at radius 3 is 2.80 bits per heavy atom. The largest absolute Gasteiger partial charge is 0.337 e. The highest BCUT2D eigenvalue weighted by Crippen LogP contribution is 2.22. The summed E-state index contributed by atoms with van der Waals surface area (Å²) in [6.45, 7) is 0.960. The van der Waals surface area contributed by atoms with E-state index in [2.05, 4.69) is 30.8 Å². The first-order valence-electron chi connectivity index (χ1n) is 5.11. The van der Waals surface area contributed by atoms with Crippen LogP contribution in [0, 0.1) is 5.82 Å². The summed E-state index contributed by atoms with van der Waals surface area (Å²) >= 11 is 3.49. The molecule has 1 aromatic rings. The molecular weight excluding hydrogens is 261 g/mol. The predicted octanol–water partition coefficient (Wildman–Crippen LogP) is 2.37. The summed E-state index contributed by atoms with van der Waals surface area (Å²) in [6, 6.07) is 0.434. The molecule has 1 fully saturated rings. The van der Waals surface area contributed by atoms with Gasteiger partial charge in [0.2, 0.25) is 5.95 Å². The second kappa shape index (κ2) is 4.88. The van der Waals surface area contributed by atoms with Crippen molar-refractivity contribution in [3.63, 3.8) is 0 Å². The molecule has 2 heterocycles. The van der Waals surface area contributed by atoms with Crippen LogP contribution in [-0.2, 0) is 0 Å². The molecule has 2 rings (SSSR count). The molecule has 0 amide bonds. The fraction of sp³-hybridized carbons (Fsp3) is 0.600. The molecular formula is C10H13BrFN3. The molecule has 0 N–H and O–H groups in total. The van der Waals surface area contributed by atoms with Crippen LogP contribution in [0.2, 0.25) is 0 Å². The van der Waals surface area contributed by atoms with Gasteiger partial charge in [-0.1, -0.05) is 15.9 Å². The molecule has 5 heteroatoms. The van der Waals surface area contributed by atoms with Crippen molar-refractivity contribution in [3.8, 4) is 0 Å². The van der Waals surface area contributed by atoms with E-state index >= 15 is 0 Å². The minimum Gasteiger partial charge on any atom is -0.337 e. The van der Waals surface area contributed by atoms with E-state index in [4.69, 9.17) is 0 Å². The minimum absolute atomic E-state index is 0.383. The smallest absolute Gasteiger partial charge is 0.225 e. The van der Waals surface area contributed by atoms with Crippen LogP contribution in [0.4, 0.5) is 10.3 Å². The van der Waals surface area contributed by atoms with E-state index in [0.29, 0.717) is 12.0 Å². The van der Waals surface area contributed by atoms with E-state index in [1.54, 1.807) is 0 Å². The standard InChI is InChI=1S/C10H13BrFN3/c11-5-9-3-1-2-4-15(9)10-13-6-8(12)7-14-10/h6-7,9H,1-5H2. The van der Waals surface area contributed by atoms with E-state index in [9.17, 15) is 4.39 Å². The van der Waals surface area contributed by atoms with Crippen molar-refractivity contribution in [2.24, 2.45) is 0 Å². The Morgan fingerprint density at radius 1 is 1.40 bits per heavy atom. The summed E-state index contributed by atoms with van der Waals surface area (Å²) in [5, 5.41) is 0.910. The zero-order valence-corrected chi connectivity index (χ0v) is 9.95. The number of alkyl halides is 1. The first-order valence-corrected chi connectivity index (χ1v) is 6.23. The van der Waals surface area contributed by atoms with Crippen molar-refractivity contribution in [1.82, 2.24) is 9.97 Å². The minimum atomic E-state index is -0.383. The zero-order valence-electron chi connectivity index (χ0n) is 8.37. The Bertz CT molecular complexity index is 317. The van der Waals surface area contributed by atoms with Gasteiger partial charge >= 0.3 is 0 Å². The molecule has 0 aliphatic carbocycles. The van der Waals surface area contributed by atoms with Gasteiger partial charge in [0.1, 0.15) is 0 Å². The van der Waals surface area contributed by atoms with E-state index in [0.717, 1.165) is 24.7 Å². The van der Waals surface area contributed by atoms with Crippen molar-refractivity contribution in [3.05, 3.63) is 18.2 Å². The van der Waals surface area contributed by atoms with Crippen molar-refractivity contribution < 1.29 is 4.39 Å². The molecule has 15 heavy (non-hydrogen) atoms. The highest BCUT2D eigenvalue weighted by Gasteiger charge is 2.23. The molecule has 82 valence electrons. The maximum atomic E-state index is 12.7. The van der Waals surface area contributed by atoms with Gasteiger partial charge in [0, 0.05) is 17.9 Å². The average molecular weight is 274 g/mol. The van der Waals surface area contributed by atoms with Crippen molar-refractivity contribution in [2.75, 3.05) is 16.8 Å². The van der Waals surface area contributed by atoms with Crippen molar-refractivity contribution >= 4 is 21.9 Å². The lowest BCUT2D eigenvalue weighted by Crippen LogP contribution is -2.41. The van der Waals surface area contributed by atoms with Gasteiger partial charge in [-0.05, 0) is 19.3 Å². The highest BCUT2D eigenvalue weighted by molar-refractivity contribution is 9.09. The Balaban J connectivity index is 2.16. The van der Waals surface area contributed by atoms with Gasteiger partial charge in [0.05, 0.1) is 12.4 Å². The van der Waals surface area contributed by atoms with Crippen LogP contribution in [0.1, 0.15) is 19.3 Å². The van der Waals surface area contributed by atoms with Gasteiger partial charge in [-0.3, -0.25) is 0 Å². The van der Waals surface area contributed by atoms with Gasteiger partial charge in [0.15, 0.2) is 5.82 Å². The first-order chi connectivity index (χ1) is 7.31. The van der Waals surface area contributed by atoms with E-state index in [1.807, 2.05) is 0 Å². The van der Waals surface area contributed by atoms with Gasteiger partial charge < -0.3 is 4.90 Å². The molecule has 1 saturated heterocycles. The van der Waals surface area contributed by atoms with Gasteiger partial charge in [-0.2, -0.15) is 0 Å². The first kappa shape index (κ1) is 10.8. The van der Waals surface area contributed by atoms with Crippen LogP contribution in [0.15, 0.2) is 12.4 Å². The van der Waals surface area contributed by atoms with Crippen LogP contribution < -0.4 is 4.90 Å². The van der Waals surface area contributed by atoms with Crippen LogP contribution in [0.3, 0.4) is 0 Å². The summed E-state index contributed by atoms with van der Waals surface area (Å²) in [5.74, 6) is 0.256. The molecule has 1 unspecified atom stereocenters. The molecule has 0 radical (unpaired) electrons. The summed E-state index contributed by atoms with van der Waals surface area (Å²) in [5.41, 5.74) is 0. The lowest BCUT2D eigenvalue weighted by molar-refractivity contribution is 0.481. The molecule has 1 atom stereocenters. The quantitative estimate of drug-likeness (QED) is 0.775. The Hall–Kier alpha value is -0.710. The number of hydrogen-bond acceptors (Lipinski definition) is 3. The number of nitrogens with zero attached hydrogens (tertiary/aromatic N) is 3. The molecule has 0 spiro atoms. The zero-order chi connectivity index (χ0) is 10.7. The number of rotatable bonds is 2. The van der Waals surface area contributed by atoms with E-state index in [-0.39, 0.29) is 5.82 Å². The second-order valence-corrected chi connectivity index (χ2v) is 4.35. The molecule has 1 aromatic heterocycles. The SMILES string of the molecule is Fc1cnc(N2CCCCC2CBr)nc1. The molecule has 3 nitrogen and oxygen atoms in total. The highest BCUT2D eigenvalue weighted by atomic mass is 79.9. The van der Waals surface area contributed by atoms with Crippen LogP contribution in [0.25, 0.3) is 0 Å². The summed E-state index contributed by atoms with van der Waals surface area (Å²) in [4.78, 5) is 10.2. The summed E-state index contributed by atoms with van der Waals surface area (Å²) < 4.78 is 12.7. The lowest BCUT2D eigenvalue weighted by Gasteiger charge is -2.34. The molecule has 1 aliphatic heterocycles. The van der Waals surface area contributed by atoms with Crippen molar-refractivity contribution in [1.29, 1.82) is 0 Å². The number of piperidine rings is 1. The monoisotopic (exact) mass is 273 g/mol. The molecule has 0 saturated carbocycles. The second-order valence-electron chi connectivity index (χ2n) is 3.70. The summed E-state index contributed by atoms with van der Waals surface area (Å²) in [6.07, 6.45) is 5.99. The molecule has 0 bridgehead atoms. The van der Waals surface area contributed by atoms with Gasteiger partial charge in [0.25, 0.3) is 0 Å². The number of anilines is 1. The maximum Gasteiger partial charge on any atom is 0.225 e. The lowest BCUT2D eigenvalue weighted by atomic mass is 10.0. The third-order valence-corrected chi connectivity index (χ3v) is 3.42. The third kappa shape index (κ3) is 2.45. The number of halogens is 2. The van der Waals surface area contributed by atoms with Gasteiger partial charge in [-0.15, -0.1) is 0 Å². The maximum absolute atomic E-state index is 12.7. The molecule has 1 aliphatic rings. The Morgan fingerprint density at radius 2 is 2.13 bits per heavy atom.